The second-order valence-electron chi connectivity index (χ2n) is 21.1. The van der Waals surface area contributed by atoms with E-state index in [-0.39, 0.29) is 11.9 Å². The van der Waals surface area contributed by atoms with Crippen LogP contribution >= 0.6 is 0 Å². The van der Waals surface area contributed by atoms with Gasteiger partial charge < -0.3 is 28.4 Å². The number of unbranched alkanes of at least 4 members (excludes halogenated alkanes) is 6. The van der Waals surface area contributed by atoms with Crippen molar-refractivity contribution in [2.45, 2.75) is 154 Å². The lowest BCUT2D eigenvalue weighted by atomic mass is 9.77. The normalized spacial score (nSPS) is 17.3. The Balaban J connectivity index is 0.732. The van der Waals surface area contributed by atoms with Gasteiger partial charge in [-0.1, -0.05) is 98.9 Å². The summed E-state index contributed by atoms with van der Waals surface area (Å²) in [5, 5.41) is 0. The molecular weight excluding hydrogens is 945 g/mol. The van der Waals surface area contributed by atoms with Crippen LogP contribution in [0.3, 0.4) is 0 Å². The maximum atomic E-state index is 11.1. The Hall–Kier alpha value is -6.28. The van der Waals surface area contributed by atoms with Crippen LogP contribution in [0.1, 0.15) is 164 Å². The number of rotatable bonds is 33. The number of carbonyl (C=O) groups excluding carboxylic acids is 2. The van der Waals surface area contributed by atoms with E-state index >= 15 is 0 Å². The van der Waals surface area contributed by atoms with Crippen molar-refractivity contribution in [3.63, 3.8) is 0 Å². The van der Waals surface area contributed by atoms with E-state index in [0.717, 1.165) is 119 Å². The summed E-state index contributed by atoms with van der Waals surface area (Å²) in [6.07, 6.45) is 25.9. The molecular formula is C68H86O8. The van der Waals surface area contributed by atoms with Gasteiger partial charge in [0, 0.05) is 12.2 Å². The van der Waals surface area contributed by atoms with Crippen molar-refractivity contribution in [3.8, 4) is 45.3 Å². The van der Waals surface area contributed by atoms with Gasteiger partial charge in [0.05, 0.1) is 39.6 Å². The summed E-state index contributed by atoms with van der Waals surface area (Å²) < 4.78 is 34.9. The average molecular weight is 1030 g/mol. The third kappa shape index (κ3) is 19.4. The van der Waals surface area contributed by atoms with E-state index in [0.29, 0.717) is 38.3 Å². The Morgan fingerprint density at radius 3 is 1.18 bits per heavy atom. The standard InChI is InChI=1S/C68H86O8/c1-4-52-23-44-65(73-49-15-17-53-19-24-55(25-20-53)57-28-32-59(33-29-57)61-36-40-63(41-37-61)71-45-11-7-9-13-47-75-67(69)5-2)66(51-52)74-50-16-18-54-21-26-56(27-22-54)58-30-34-60(35-31-58)62-38-42-64(43-39-62)72-46-12-8-10-14-48-76-68(70)6-3/h5-6,23,28-44,51,53-56H,2-4,7-22,24-27,45-50H2,1H3/t53-,54-,55-,56-. The number of esters is 2. The highest BCUT2D eigenvalue weighted by Gasteiger charge is 2.24. The molecule has 0 spiro atoms. The SMILES string of the molecule is C=CC(=O)OCCCCCCOc1ccc(-c2ccc([C@H]3CC[C@H](CCCOc4ccc(CC)cc4OCCC[C@H]4CC[C@H](c5ccc(-c6ccc(OCCCCCCOC(=O)C=C)cc6)cc5)CC4)CC3)cc2)cc1. The fourth-order valence-electron chi connectivity index (χ4n) is 11.0. The van der Waals surface area contributed by atoms with Crippen molar-refractivity contribution in [3.05, 3.63) is 157 Å². The molecule has 2 fully saturated rings. The number of ether oxygens (including phenoxy) is 6. The summed E-state index contributed by atoms with van der Waals surface area (Å²) in [6.45, 7) is 12.8. The highest BCUT2D eigenvalue weighted by atomic mass is 16.5. The molecule has 0 radical (unpaired) electrons. The van der Waals surface area contributed by atoms with Crippen molar-refractivity contribution in [1.29, 1.82) is 0 Å². The van der Waals surface area contributed by atoms with Crippen LogP contribution in [-0.2, 0) is 25.5 Å². The lowest BCUT2D eigenvalue weighted by Crippen LogP contribution is -2.14. The highest BCUT2D eigenvalue weighted by molar-refractivity contribution is 5.81. The number of hydrogen-bond donors (Lipinski definition) is 0. The van der Waals surface area contributed by atoms with Gasteiger partial charge in [0.1, 0.15) is 11.5 Å². The van der Waals surface area contributed by atoms with Crippen molar-refractivity contribution in [2.75, 3.05) is 39.6 Å². The van der Waals surface area contributed by atoms with Gasteiger partial charge >= 0.3 is 11.9 Å². The monoisotopic (exact) mass is 1030 g/mol. The zero-order chi connectivity index (χ0) is 53.0. The topological polar surface area (TPSA) is 89.5 Å². The third-order valence-electron chi connectivity index (χ3n) is 15.7. The Kier molecular flexibility index (Phi) is 24.4. The minimum Gasteiger partial charge on any atom is -0.494 e. The molecule has 76 heavy (non-hydrogen) atoms. The second-order valence-corrected chi connectivity index (χ2v) is 21.1. The molecule has 0 saturated heterocycles. The first-order valence-corrected chi connectivity index (χ1v) is 29.0. The minimum absolute atomic E-state index is 0.354. The fourth-order valence-corrected chi connectivity index (χ4v) is 11.0. The Labute approximate surface area is 455 Å². The van der Waals surface area contributed by atoms with E-state index in [9.17, 15) is 9.59 Å². The van der Waals surface area contributed by atoms with Crippen molar-refractivity contribution < 1.29 is 38.0 Å². The fraction of sp³-hybridized carbons (Fsp3) is 0.471. The first-order valence-electron chi connectivity index (χ1n) is 29.0. The molecule has 0 heterocycles. The predicted molar refractivity (Wildman–Crippen MR) is 309 cm³/mol. The molecule has 8 heteroatoms. The van der Waals surface area contributed by atoms with Gasteiger partial charge in [-0.25, -0.2) is 9.59 Å². The summed E-state index contributed by atoms with van der Waals surface area (Å²) >= 11 is 0. The molecule has 0 N–H and O–H groups in total. The molecule has 0 aromatic heterocycles. The summed E-state index contributed by atoms with van der Waals surface area (Å²) in [5.41, 5.74) is 9.11. The largest absolute Gasteiger partial charge is 0.494 e. The maximum absolute atomic E-state index is 11.1. The molecule has 2 saturated carbocycles. The van der Waals surface area contributed by atoms with Gasteiger partial charge in [-0.15, -0.1) is 0 Å². The second kappa shape index (κ2) is 32.3. The van der Waals surface area contributed by atoms with E-state index in [1.54, 1.807) is 0 Å². The number of carbonyl (C=O) groups is 2. The highest BCUT2D eigenvalue weighted by Crippen LogP contribution is 2.40. The zero-order valence-electron chi connectivity index (χ0n) is 45.7. The summed E-state index contributed by atoms with van der Waals surface area (Å²) in [7, 11) is 0. The van der Waals surface area contributed by atoms with Crippen LogP contribution in [0.15, 0.2) is 141 Å². The summed E-state index contributed by atoms with van der Waals surface area (Å²) in [6, 6.07) is 41.9. The van der Waals surface area contributed by atoms with Crippen LogP contribution in [0, 0.1) is 11.8 Å². The molecule has 5 aromatic rings. The molecule has 2 aliphatic rings. The molecule has 0 aliphatic heterocycles. The van der Waals surface area contributed by atoms with Gasteiger partial charge in [-0.05, 0) is 234 Å². The molecule has 0 bridgehead atoms. The smallest absolute Gasteiger partial charge is 0.330 e. The van der Waals surface area contributed by atoms with E-state index < -0.39 is 0 Å². The Bertz CT molecular complexity index is 2460. The van der Waals surface area contributed by atoms with Gasteiger partial charge in [0.15, 0.2) is 11.5 Å². The van der Waals surface area contributed by atoms with Crippen LogP contribution in [0.5, 0.6) is 23.0 Å². The number of hydrogen-bond acceptors (Lipinski definition) is 8. The molecule has 5 aromatic carbocycles. The average Bonchev–Trinajstić information content (AvgIpc) is 3.47. The van der Waals surface area contributed by atoms with Gasteiger partial charge in [-0.3, -0.25) is 0 Å². The van der Waals surface area contributed by atoms with Crippen molar-refractivity contribution in [2.24, 2.45) is 11.8 Å². The molecule has 2 aliphatic carbocycles. The van der Waals surface area contributed by atoms with Crippen LogP contribution in [0.2, 0.25) is 0 Å². The van der Waals surface area contributed by atoms with Crippen LogP contribution in [0.25, 0.3) is 22.3 Å². The zero-order valence-corrected chi connectivity index (χ0v) is 45.7. The quantitative estimate of drug-likeness (QED) is 0.0233. The number of aryl methyl sites for hydroxylation is 1. The molecule has 0 atom stereocenters. The van der Waals surface area contributed by atoms with Gasteiger partial charge in [0.2, 0.25) is 0 Å². The molecule has 0 amide bonds. The molecule has 7 rings (SSSR count). The van der Waals surface area contributed by atoms with Crippen LogP contribution in [0.4, 0.5) is 0 Å². The van der Waals surface area contributed by atoms with E-state index in [4.69, 9.17) is 28.4 Å². The van der Waals surface area contributed by atoms with Gasteiger partial charge in [0.25, 0.3) is 0 Å². The Morgan fingerprint density at radius 2 is 0.789 bits per heavy atom. The number of benzene rings is 5. The van der Waals surface area contributed by atoms with E-state index in [1.165, 1.54) is 115 Å². The molecule has 0 unspecified atom stereocenters. The maximum Gasteiger partial charge on any atom is 0.330 e. The summed E-state index contributed by atoms with van der Waals surface area (Å²) in [5.74, 6) is 5.68. The van der Waals surface area contributed by atoms with E-state index in [1.807, 2.05) is 0 Å². The first kappa shape index (κ1) is 57.4. The Morgan fingerprint density at radius 1 is 0.421 bits per heavy atom. The summed E-state index contributed by atoms with van der Waals surface area (Å²) in [4.78, 5) is 22.3. The van der Waals surface area contributed by atoms with E-state index in [2.05, 4.69) is 135 Å². The van der Waals surface area contributed by atoms with Crippen molar-refractivity contribution >= 4 is 11.9 Å². The van der Waals surface area contributed by atoms with Crippen LogP contribution < -0.4 is 18.9 Å². The van der Waals surface area contributed by atoms with Crippen molar-refractivity contribution in [1.82, 2.24) is 0 Å². The van der Waals surface area contributed by atoms with Crippen LogP contribution in [-0.4, -0.2) is 51.6 Å². The lowest BCUT2D eigenvalue weighted by Gasteiger charge is -2.29. The minimum atomic E-state index is -0.354. The predicted octanol–water partition coefficient (Wildman–Crippen LogP) is 17.2. The molecule has 8 nitrogen and oxygen atoms in total. The molecule has 406 valence electrons. The third-order valence-corrected chi connectivity index (χ3v) is 15.7. The lowest BCUT2D eigenvalue weighted by molar-refractivity contribution is -0.138. The first-order chi connectivity index (χ1) is 37.4. The van der Waals surface area contributed by atoms with Gasteiger partial charge in [-0.2, -0.15) is 0 Å².